The molecule has 1 heterocycles. The molecule has 1 atom stereocenters. The highest BCUT2D eigenvalue weighted by Gasteiger charge is 2.08. The minimum absolute atomic E-state index is 0.0511. The summed E-state index contributed by atoms with van der Waals surface area (Å²) in [6.07, 6.45) is 0.891. The van der Waals surface area contributed by atoms with Crippen LogP contribution in [0.4, 0.5) is 0 Å². The number of thioether (sulfide) groups is 1. The normalized spacial score (nSPS) is 12.6. The van der Waals surface area contributed by atoms with Gasteiger partial charge in [-0.15, -0.1) is 0 Å². The molecule has 90 valence electrons. The van der Waals surface area contributed by atoms with Gasteiger partial charge in [-0.3, -0.25) is 0 Å². The van der Waals surface area contributed by atoms with Crippen molar-refractivity contribution in [3.8, 4) is 0 Å². The van der Waals surface area contributed by atoms with E-state index in [1.54, 1.807) is 11.8 Å². The van der Waals surface area contributed by atoms with Crippen molar-refractivity contribution in [2.75, 3.05) is 5.75 Å². The molecule has 0 saturated carbocycles. The summed E-state index contributed by atoms with van der Waals surface area (Å²) in [5.41, 5.74) is 7.28. The van der Waals surface area contributed by atoms with Crippen molar-refractivity contribution in [2.24, 2.45) is 5.73 Å². The van der Waals surface area contributed by atoms with E-state index in [0.717, 1.165) is 22.3 Å². The number of aryl methyl sites for hydroxylation is 1. The van der Waals surface area contributed by atoms with E-state index in [1.165, 1.54) is 17.1 Å². The third kappa shape index (κ3) is 3.52. The van der Waals surface area contributed by atoms with Crippen molar-refractivity contribution in [1.82, 2.24) is 9.36 Å². The zero-order valence-electron chi connectivity index (χ0n) is 9.67. The first kappa shape index (κ1) is 12.5. The molecule has 0 bridgehead atoms. The molecular formula is C12H15N3S2. The molecule has 0 saturated heterocycles. The Bertz CT molecular complexity index is 456. The van der Waals surface area contributed by atoms with Crippen LogP contribution in [0.25, 0.3) is 0 Å². The van der Waals surface area contributed by atoms with Crippen LogP contribution in [0.2, 0.25) is 0 Å². The molecule has 0 spiro atoms. The van der Waals surface area contributed by atoms with Crippen LogP contribution in [0.5, 0.6) is 0 Å². The Morgan fingerprint density at radius 1 is 1.35 bits per heavy atom. The lowest BCUT2D eigenvalue weighted by molar-refractivity contribution is 0.830. The molecule has 2 aromatic rings. The van der Waals surface area contributed by atoms with Crippen molar-refractivity contribution in [1.29, 1.82) is 0 Å². The van der Waals surface area contributed by atoms with Gasteiger partial charge < -0.3 is 5.73 Å². The average Bonchev–Trinajstić information content (AvgIpc) is 2.85. The quantitative estimate of drug-likeness (QED) is 0.845. The highest BCUT2D eigenvalue weighted by atomic mass is 32.2. The van der Waals surface area contributed by atoms with Gasteiger partial charge in [0, 0.05) is 18.2 Å². The Morgan fingerprint density at radius 2 is 2.12 bits per heavy atom. The van der Waals surface area contributed by atoms with E-state index in [2.05, 4.69) is 28.4 Å². The van der Waals surface area contributed by atoms with Gasteiger partial charge in [0.1, 0.15) is 5.82 Å². The molecule has 0 aliphatic heterocycles. The third-order valence-corrected chi connectivity index (χ3v) is 4.37. The Hall–Kier alpha value is -0.910. The van der Waals surface area contributed by atoms with Gasteiger partial charge in [-0.05, 0) is 17.1 Å². The zero-order chi connectivity index (χ0) is 12.1. The average molecular weight is 265 g/mol. The molecule has 2 N–H and O–H groups in total. The van der Waals surface area contributed by atoms with E-state index in [1.807, 2.05) is 18.2 Å². The zero-order valence-corrected chi connectivity index (χ0v) is 11.3. The van der Waals surface area contributed by atoms with Crippen LogP contribution in [0.15, 0.2) is 34.7 Å². The fourth-order valence-electron chi connectivity index (χ4n) is 1.40. The van der Waals surface area contributed by atoms with Gasteiger partial charge in [0.15, 0.2) is 4.34 Å². The molecular weight excluding hydrogens is 250 g/mol. The van der Waals surface area contributed by atoms with E-state index in [9.17, 15) is 0 Å². The van der Waals surface area contributed by atoms with Crippen molar-refractivity contribution >= 4 is 23.3 Å². The van der Waals surface area contributed by atoms with Gasteiger partial charge in [0.05, 0.1) is 0 Å². The van der Waals surface area contributed by atoms with Crippen molar-refractivity contribution in [2.45, 2.75) is 23.7 Å². The Kier molecular flexibility index (Phi) is 4.53. The van der Waals surface area contributed by atoms with E-state index in [4.69, 9.17) is 5.73 Å². The number of nitrogens with zero attached hydrogens (tertiary/aromatic N) is 2. The summed E-state index contributed by atoms with van der Waals surface area (Å²) in [6.45, 7) is 2.06. The predicted octanol–water partition coefficient (Wildman–Crippen LogP) is 2.89. The molecule has 0 amide bonds. The topological polar surface area (TPSA) is 51.8 Å². The molecule has 0 fully saturated rings. The molecule has 5 heteroatoms. The SMILES string of the molecule is CCc1nsc(SCC(N)c2ccccc2)n1. The van der Waals surface area contributed by atoms with Gasteiger partial charge in [-0.25, -0.2) is 4.98 Å². The summed E-state index contributed by atoms with van der Waals surface area (Å²) in [4.78, 5) is 4.41. The van der Waals surface area contributed by atoms with Gasteiger partial charge in [-0.2, -0.15) is 4.37 Å². The second-order valence-corrected chi connectivity index (χ2v) is 5.68. The van der Waals surface area contributed by atoms with Crippen LogP contribution >= 0.6 is 23.3 Å². The van der Waals surface area contributed by atoms with E-state index in [0.29, 0.717) is 0 Å². The monoisotopic (exact) mass is 265 g/mol. The second-order valence-electron chi connectivity index (χ2n) is 3.66. The number of hydrogen-bond donors (Lipinski definition) is 1. The summed E-state index contributed by atoms with van der Waals surface area (Å²) in [5, 5.41) is 0. The molecule has 17 heavy (non-hydrogen) atoms. The minimum atomic E-state index is 0.0511. The fourth-order valence-corrected chi connectivity index (χ4v) is 3.11. The molecule has 3 nitrogen and oxygen atoms in total. The maximum Gasteiger partial charge on any atom is 0.170 e. The lowest BCUT2D eigenvalue weighted by Gasteiger charge is -2.09. The van der Waals surface area contributed by atoms with E-state index in [-0.39, 0.29) is 6.04 Å². The van der Waals surface area contributed by atoms with Crippen LogP contribution in [0.1, 0.15) is 24.4 Å². The molecule has 1 aromatic heterocycles. The molecule has 0 aliphatic carbocycles. The Balaban J connectivity index is 1.90. The Labute approximate surface area is 110 Å². The largest absolute Gasteiger partial charge is 0.323 e. The lowest BCUT2D eigenvalue weighted by atomic mass is 10.1. The first-order chi connectivity index (χ1) is 8.29. The van der Waals surface area contributed by atoms with Gasteiger partial charge >= 0.3 is 0 Å². The van der Waals surface area contributed by atoms with Crippen molar-refractivity contribution < 1.29 is 0 Å². The Morgan fingerprint density at radius 3 is 2.76 bits per heavy atom. The molecule has 0 radical (unpaired) electrons. The van der Waals surface area contributed by atoms with Crippen LogP contribution in [0, 0.1) is 0 Å². The van der Waals surface area contributed by atoms with Crippen LogP contribution in [-0.2, 0) is 6.42 Å². The van der Waals surface area contributed by atoms with Gasteiger partial charge in [0.25, 0.3) is 0 Å². The predicted molar refractivity (Wildman–Crippen MR) is 73.4 cm³/mol. The summed E-state index contributed by atoms with van der Waals surface area (Å²) < 4.78 is 5.26. The lowest BCUT2D eigenvalue weighted by Crippen LogP contribution is -2.12. The standard InChI is InChI=1S/C12H15N3S2/c1-2-11-14-12(17-15-11)16-8-10(13)9-6-4-3-5-7-9/h3-7,10H,2,8,13H2,1H3. The van der Waals surface area contributed by atoms with Crippen LogP contribution in [0.3, 0.4) is 0 Å². The number of aromatic nitrogens is 2. The summed E-state index contributed by atoms with van der Waals surface area (Å²) in [7, 11) is 0. The van der Waals surface area contributed by atoms with E-state index < -0.39 is 0 Å². The first-order valence-electron chi connectivity index (χ1n) is 5.55. The second kappa shape index (κ2) is 6.14. The molecule has 1 unspecified atom stereocenters. The maximum absolute atomic E-state index is 6.12. The van der Waals surface area contributed by atoms with Gasteiger partial charge in [-0.1, -0.05) is 49.0 Å². The highest BCUT2D eigenvalue weighted by molar-refractivity contribution is 8.00. The highest BCUT2D eigenvalue weighted by Crippen LogP contribution is 2.24. The fraction of sp³-hybridized carbons (Fsp3) is 0.333. The number of hydrogen-bond acceptors (Lipinski definition) is 5. The summed E-state index contributed by atoms with van der Waals surface area (Å²) in [5.74, 6) is 1.76. The first-order valence-corrected chi connectivity index (χ1v) is 7.31. The summed E-state index contributed by atoms with van der Waals surface area (Å²) >= 11 is 3.14. The molecule has 2 rings (SSSR count). The molecule has 1 aromatic carbocycles. The van der Waals surface area contributed by atoms with Gasteiger partial charge in [0.2, 0.25) is 0 Å². The smallest absolute Gasteiger partial charge is 0.170 e. The molecule has 0 aliphatic rings. The number of benzene rings is 1. The van der Waals surface area contributed by atoms with Crippen LogP contribution in [-0.4, -0.2) is 15.1 Å². The maximum atomic E-state index is 6.12. The van der Waals surface area contributed by atoms with E-state index >= 15 is 0 Å². The minimum Gasteiger partial charge on any atom is -0.323 e. The van der Waals surface area contributed by atoms with Crippen molar-refractivity contribution in [3.63, 3.8) is 0 Å². The summed E-state index contributed by atoms with van der Waals surface area (Å²) in [6, 6.07) is 10.2. The third-order valence-electron chi connectivity index (χ3n) is 2.38. The van der Waals surface area contributed by atoms with Crippen molar-refractivity contribution in [3.05, 3.63) is 41.7 Å². The van der Waals surface area contributed by atoms with Crippen LogP contribution < -0.4 is 5.73 Å². The number of rotatable bonds is 5. The number of nitrogens with two attached hydrogens (primary N) is 1.